The number of rotatable bonds is 4. The summed E-state index contributed by atoms with van der Waals surface area (Å²) in [5.74, 6) is 1.06. The van der Waals surface area contributed by atoms with Gasteiger partial charge in [-0.15, -0.1) is 0 Å². The highest BCUT2D eigenvalue weighted by molar-refractivity contribution is 4.96. The van der Waals surface area contributed by atoms with Gasteiger partial charge >= 0.3 is 0 Å². The standard InChI is InChI=1S/C13H24N2/c1-10(9-11-4-5-11)14-12-6-8-15-7-2-3-13(12)15/h10-14H,2-9H2,1H3. The molecule has 3 fully saturated rings. The van der Waals surface area contributed by atoms with Crippen LogP contribution in [0.2, 0.25) is 0 Å². The van der Waals surface area contributed by atoms with Crippen LogP contribution in [-0.2, 0) is 0 Å². The second kappa shape index (κ2) is 4.06. The second-order valence-corrected chi connectivity index (χ2v) is 5.89. The first-order chi connectivity index (χ1) is 7.33. The third kappa shape index (κ3) is 2.21. The molecular formula is C13H24N2. The summed E-state index contributed by atoms with van der Waals surface area (Å²) in [5.41, 5.74) is 0. The molecule has 0 bridgehead atoms. The van der Waals surface area contributed by atoms with E-state index in [1.165, 1.54) is 51.6 Å². The summed E-state index contributed by atoms with van der Waals surface area (Å²) in [4.78, 5) is 2.70. The van der Waals surface area contributed by atoms with Crippen LogP contribution < -0.4 is 5.32 Å². The normalized spacial score (nSPS) is 38.2. The van der Waals surface area contributed by atoms with E-state index in [4.69, 9.17) is 0 Å². The van der Waals surface area contributed by atoms with Crippen LogP contribution in [0.3, 0.4) is 0 Å². The molecule has 1 saturated carbocycles. The lowest BCUT2D eigenvalue weighted by Gasteiger charge is -2.25. The number of nitrogens with zero attached hydrogens (tertiary/aromatic N) is 1. The molecule has 0 aromatic rings. The van der Waals surface area contributed by atoms with E-state index in [-0.39, 0.29) is 0 Å². The molecule has 3 atom stereocenters. The Labute approximate surface area is 93.4 Å². The van der Waals surface area contributed by atoms with E-state index in [0.29, 0.717) is 0 Å². The largest absolute Gasteiger partial charge is 0.310 e. The first kappa shape index (κ1) is 10.1. The van der Waals surface area contributed by atoms with Crippen molar-refractivity contribution in [3.63, 3.8) is 0 Å². The molecule has 2 heterocycles. The zero-order valence-corrected chi connectivity index (χ0v) is 9.91. The predicted molar refractivity (Wildman–Crippen MR) is 62.9 cm³/mol. The van der Waals surface area contributed by atoms with Crippen LogP contribution in [0.4, 0.5) is 0 Å². The van der Waals surface area contributed by atoms with Crippen molar-refractivity contribution in [1.29, 1.82) is 0 Å². The molecule has 2 nitrogen and oxygen atoms in total. The summed E-state index contributed by atoms with van der Waals surface area (Å²) in [6.07, 6.45) is 8.66. The van der Waals surface area contributed by atoms with Gasteiger partial charge in [-0.1, -0.05) is 12.8 Å². The zero-order valence-electron chi connectivity index (χ0n) is 9.91. The minimum atomic E-state index is 0.753. The summed E-state index contributed by atoms with van der Waals surface area (Å²) >= 11 is 0. The van der Waals surface area contributed by atoms with Gasteiger partial charge in [-0.3, -0.25) is 4.90 Å². The van der Waals surface area contributed by atoms with E-state index in [0.717, 1.165) is 24.0 Å². The van der Waals surface area contributed by atoms with E-state index in [1.54, 1.807) is 0 Å². The summed E-state index contributed by atoms with van der Waals surface area (Å²) in [7, 11) is 0. The highest BCUT2D eigenvalue weighted by Crippen LogP contribution is 2.34. The first-order valence-corrected chi connectivity index (χ1v) is 6.83. The Morgan fingerprint density at radius 1 is 1.20 bits per heavy atom. The molecule has 2 saturated heterocycles. The zero-order chi connectivity index (χ0) is 10.3. The molecule has 1 aliphatic carbocycles. The first-order valence-electron chi connectivity index (χ1n) is 6.83. The highest BCUT2D eigenvalue weighted by Gasteiger charge is 2.37. The summed E-state index contributed by atoms with van der Waals surface area (Å²) in [6, 6.07) is 2.44. The molecule has 0 amide bonds. The Bertz CT molecular complexity index is 225. The van der Waals surface area contributed by atoms with Crippen molar-refractivity contribution in [3.05, 3.63) is 0 Å². The maximum Gasteiger partial charge on any atom is 0.0250 e. The van der Waals surface area contributed by atoms with Crippen LogP contribution in [-0.4, -0.2) is 36.1 Å². The summed E-state index contributed by atoms with van der Waals surface area (Å²) < 4.78 is 0. The fourth-order valence-corrected chi connectivity index (χ4v) is 3.56. The molecule has 2 heteroatoms. The van der Waals surface area contributed by atoms with Gasteiger partial charge < -0.3 is 5.32 Å². The minimum Gasteiger partial charge on any atom is -0.310 e. The molecule has 2 aliphatic heterocycles. The molecule has 0 radical (unpaired) electrons. The van der Waals surface area contributed by atoms with E-state index >= 15 is 0 Å². The SMILES string of the molecule is CC(CC1CC1)NC1CCN2CCCC12. The molecule has 3 unspecified atom stereocenters. The molecular weight excluding hydrogens is 184 g/mol. The number of fused-ring (bicyclic) bond motifs is 1. The van der Waals surface area contributed by atoms with Crippen molar-refractivity contribution in [2.45, 2.75) is 63.6 Å². The Balaban J connectivity index is 1.49. The minimum absolute atomic E-state index is 0.753. The topological polar surface area (TPSA) is 15.3 Å². The average molecular weight is 208 g/mol. The average Bonchev–Trinajstić information content (AvgIpc) is 2.78. The number of nitrogens with one attached hydrogen (secondary N) is 1. The van der Waals surface area contributed by atoms with Crippen LogP contribution in [0.1, 0.15) is 45.4 Å². The van der Waals surface area contributed by atoms with Crippen molar-refractivity contribution in [2.75, 3.05) is 13.1 Å². The van der Waals surface area contributed by atoms with Gasteiger partial charge in [-0.05, 0) is 45.1 Å². The summed E-state index contributed by atoms with van der Waals surface area (Å²) in [6.45, 7) is 5.09. The quantitative estimate of drug-likeness (QED) is 0.760. The van der Waals surface area contributed by atoms with Gasteiger partial charge in [-0.25, -0.2) is 0 Å². The van der Waals surface area contributed by atoms with Gasteiger partial charge in [0.05, 0.1) is 0 Å². The van der Waals surface area contributed by atoms with Crippen LogP contribution in [0.25, 0.3) is 0 Å². The molecule has 0 aromatic carbocycles. The van der Waals surface area contributed by atoms with E-state index in [1.807, 2.05) is 0 Å². The number of hydrogen-bond donors (Lipinski definition) is 1. The Hall–Kier alpha value is -0.0800. The Morgan fingerprint density at radius 2 is 2.07 bits per heavy atom. The third-order valence-electron chi connectivity index (χ3n) is 4.49. The lowest BCUT2D eigenvalue weighted by atomic mass is 10.0. The smallest absolute Gasteiger partial charge is 0.0250 e. The second-order valence-electron chi connectivity index (χ2n) is 5.89. The maximum absolute atomic E-state index is 3.88. The Morgan fingerprint density at radius 3 is 2.87 bits per heavy atom. The third-order valence-corrected chi connectivity index (χ3v) is 4.49. The van der Waals surface area contributed by atoms with Gasteiger partial charge in [0.25, 0.3) is 0 Å². The van der Waals surface area contributed by atoms with Crippen molar-refractivity contribution < 1.29 is 0 Å². The molecule has 3 rings (SSSR count). The van der Waals surface area contributed by atoms with Gasteiger partial charge in [0.1, 0.15) is 0 Å². The summed E-state index contributed by atoms with van der Waals surface area (Å²) in [5, 5.41) is 3.88. The molecule has 1 N–H and O–H groups in total. The lowest BCUT2D eigenvalue weighted by Crippen LogP contribution is -2.43. The van der Waals surface area contributed by atoms with Crippen molar-refractivity contribution in [1.82, 2.24) is 10.2 Å². The van der Waals surface area contributed by atoms with E-state index in [9.17, 15) is 0 Å². The van der Waals surface area contributed by atoms with Crippen molar-refractivity contribution in [2.24, 2.45) is 5.92 Å². The maximum atomic E-state index is 3.88. The molecule has 15 heavy (non-hydrogen) atoms. The molecule has 3 aliphatic rings. The van der Waals surface area contributed by atoms with Crippen LogP contribution in [0.5, 0.6) is 0 Å². The van der Waals surface area contributed by atoms with Crippen molar-refractivity contribution in [3.8, 4) is 0 Å². The highest BCUT2D eigenvalue weighted by atomic mass is 15.2. The van der Waals surface area contributed by atoms with Crippen LogP contribution in [0.15, 0.2) is 0 Å². The van der Waals surface area contributed by atoms with Crippen molar-refractivity contribution >= 4 is 0 Å². The number of hydrogen-bond acceptors (Lipinski definition) is 2. The van der Waals surface area contributed by atoms with Crippen LogP contribution in [0, 0.1) is 5.92 Å². The fourth-order valence-electron chi connectivity index (χ4n) is 3.56. The molecule has 0 aromatic heterocycles. The molecule has 86 valence electrons. The van der Waals surface area contributed by atoms with Gasteiger partial charge in [-0.2, -0.15) is 0 Å². The fraction of sp³-hybridized carbons (Fsp3) is 1.00. The monoisotopic (exact) mass is 208 g/mol. The van der Waals surface area contributed by atoms with Gasteiger partial charge in [0, 0.05) is 24.7 Å². The predicted octanol–water partition coefficient (Wildman–Crippen LogP) is 2.00. The van der Waals surface area contributed by atoms with E-state index in [2.05, 4.69) is 17.1 Å². The molecule has 0 spiro atoms. The van der Waals surface area contributed by atoms with E-state index < -0.39 is 0 Å². The van der Waals surface area contributed by atoms with Crippen LogP contribution >= 0.6 is 0 Å². The van der Waals surface area contributed by atoms with Gasteiger partial charge in [0.15, 0.2) is 0 Å². The lowest BCUT2D eigenvalue weighted by molar-refractivity contribution is 0.287. The Kier molecular flexibility index (Phi) is 2.73. The van der Waals surface area contributed by atoms with Gasteiger partial charge in [0.2, 0.25) is 0 Å².